The minimum atomic E-state index is -0.923. The first-order chi connectivity index (χ1) is 18.9. The van der Waals surface area contributed by atoms with Crippen molar-refractivity contribution in [2.45, 2.75) is 49.8 Å². The molecule has 1 aliphatic carbocycles. The number of aromatic nitrogens is 4. The number of likely N-dealkylation sites (tertiary alicyclic amines) is 1. The highest BCUT2D eigenvalue weighted by Crippen LogP contribution is 2.43. The number of benzene rings is 1. The van der Waals surface area contributed by atoms with Crippen molar-refractivity contribution in [3.63, 3.8) is 0 Å². The summed E-state index contributed by atoms with van der Waals surface area (Å²) in [6, 6.07) is 10.5. The van der Waals surface area contributed by atoms with Gasteiger partial charge in [0.1, 0.15) is 6.10 Å². The summed E-state index contributed by atoms with van der Waals surface area (Å²) in [5.74, 6) is -2.34. The highest BCUT2D eigenvalue weighted by Gasteiger charge is 2.36. The molecule has 0 unspecified atom stereocenters. The zero-order chi connectivity index (χ0) is 27.1. The predicted octanol–water partition coefficient (Wildman–Crippen LogP) is 4.49. The van der Waals surface area contributed by atoms with Crippen molar-refractivity contribution >= 4 is 17.3 Å². The number of amides is 1. The van der Waals surface area contributed by atoms with Gasteiger partial charge in [-0.2, -0.15) is 0 Å². The number of fused-ring (bicyclic) bond motifs is 2. The van der Waals surface area contributed by atoms with Crippen molar-refractivity contribution in [1.29, 1.82) is 0 Å². The van der Waals surface area contributed by atoms with Crippen LogP contribution in [0.15, 0.2) is 59.7 Å². The van der Waals surface area contributed by atoms with E-state index in [1.807, 2.05) is 6.07 Å². The lowest BCUT2D eigenvalue weighted by atomic mass is 9.86. The second-order valence-corrected chi connectivity index (χ2v) is 10.1. The average Bonchev–Trinajstić information content (AvgIpc) is 3.23. The summed E-state index contributed by atoms with van der Waals surface area (Å²) in [5.41, 5.74) is 9.02. The Balaban J connectivity index is 1.18. The van der Waals surface area contributed by atoms with Gasteiger partial charge < -0.3 is 15.4 Å². The quantitative estimate of drug-likeness (QED) is 0.374. The molecule has 4 aromatic rings. The standard InChI is InChI=1S/C28H28F2N6O3/c29-20-6-1-4-17(23(20)30)18-8-9-22(25-19(24(18)31)5-2-12-32-25)39-28(38)35-14-10-16(11-15-35)36-21-7-3-13-33-26(21)34-27(36)37/h1-7,12-13,16,18,22,24H,8-11,14-15,31H2,(H,33,34,37)/t18-,22-,24+/m0/s1. The van der Waals surface area contributed by atoms with Crippen LogP contribution in [0.1, 0.15) is 66.6 Å². The number of hydrogen-bond donors (Lipinski definition) is 2. The molecule has 0 spiro atoms. The molecule has 1 fully saturated rings. The molecule has 1 aliphatic heterocycles. The van der Waals surface area contributed by atoms with Gasteiger partial charge in [-0.25, -0.2) is 23.4 Å². The van der Waals surface area contributed by atoms with Gasteiger partial charge in [-0.05, 0) is 61.1 Å². The van der Waals surface area contributed by atoms with Gasteiger partial charge in [0.05, 0.1) is 11.2 Å². The minimum Gasteiger partial charge on any atom is -0.440 e. The van der Waals surface area contributed by atoms with Crippen molar-refractivity contribution in [3.8, 4) is 0 Å². The average molecular weight is 535 g/mol. The third kappa shape index (κ3) is 4.56. The summed E-state index contributed by atoms with van der Waals surface area (Å²) in [6.07, 6.45) is 3.99. The number of aromatic amines is 1. The van der Waals surface area contributed by atoms with Gasteiger partial charge in [-0.15, -0.1) is 0 Å². The molecule has 11 heteroatoms. The Labute approximate surface area is 222 Å². The zero-order valence-electron chi connectivity index (χ0n) is 21.1. The first-order valence-electron chi connectivity index (χ1n) is 13.1. The molecule has 3 aromatic heterocycles. The summed E-state index contributed by atoms with van der Waals surface area (Å²) in [7, 11) is 0. The van der Waals surface area contributed by atoms with Gasteiger partial charge in [0.15, 0.2) is 17.3 Å². The Morgan fingerprint density at radius 3 is 2.54 bits per heavy atom. The van der Waals surface area contributed by atoms with E-state index in [2.05, 4.69) is 15.0 Å². The number of imidazole rings is 1. The summed E-state index contributed by atoms with van der Waals surface area (Å²) in [6.45, 7) is 0.836. The van der Waals surface area contributed by atoms with Crippen LogP contribution in [0.25, 0.3) is 11.2 Å². The Morgan fingerprint density at radius 1 is 0.974 bits per heavy atom. The fourth-order valence-electron chi connectivity index (χ4n) is 5.94. The molecule has 6 rings (SSSR count). The Kier molecular flexibility index (Phi) is 6.59. The molecular weight excluding hydrogens is 506 g/mol. The van der Waals surface area contributed by atoms with Crippen molar-refractivity contribution < 1.29 is 18.3 Å². The number of H-pyrrole nitrogens is 1. The molecule has 202 valence electrons. The maximum Gasteiger partial charge on any atom is 0.410 e. The molecule has 0 bridgehead atoms. The van der Waals surface area contributed by atoms with Crippen LogP contribution in [0.3, 0.4) is 0 Å². The summed E-state index contributed by atoms with van der Waals surface area (Å²) in [5, 5.41) is 0. The van der Waals surface area contributed by atoms with Crippen molar-refractivity contribution in [2.24, 2.45) is 5.73 Å². The van der Waals surface area contributed by atoms with E-state index in [1.165, 1.54) is 6.07 Å². The number of piperidine rings is 1. The lowest BCUT2D eigenvalue weighted by Crippen LogP contribution is -2.41. The number of pyridine rings is 2. The van der Waals surface area contributed by atoms with Crippen LogP contribution in [0, 0.1) is 11.6 Å². The largest absolute Gasteiger partial charge is 0.440 e. The molecule has 39 heavy (non-hydrogen) atoms. The van der Waals surface area contributed by atoms with Gasteiger partial charge in [0, 0.05) is 43.5 Å². The van der Waals surface area contributed by atoms with E-state index in [0.717, 1.165) is 11.6 Å². The first kappa shape index (κ1) is 25.2. The van der Waals surface area contributed by atoms with Crippen LogP contribution in [-0.4, -0.2) is 43.6 Å². The SMILES string of the molecule is N[C@H]1c2cccnc2[C@@H](OC(=O)N2CCC(n3c(=O)[nH]c4ncccc43)CC2)CC[C@H]1c1cccc(F)c1F. The van der Waals surface area contributed by atoms with Crippen LogP contribution in [0.2, 0.25) is 0 Å². The first-order valence-corrected chi connectivity index (χ1v) is 13.1. The smallest absolute Gasteiger partial charge is 0.410 e. The Morgan fingerprint density at radius 2 is 1.72 bits per heavy atom. The molecule has 3 N–H and O–H groups in total. The number of carbonyl (C=O) groups excluding carboxylic acids is 1. The molecule has 0 radical (unpaired) electrons. The van der Waals surface area contributed by atoms with Gasteiger partial charge in [-0.3, -0.25) is 14.5 Å². The van der Waals surface area contributed by atoms with Crippen molar-refractivity contribution in [2.75, 3.05) is 13.1 Å². The second kappa shape index (κ2) is 10.2. The monoisotopic (exact) mass is 534 g/mol. The molecule has 3 atom stereocenters. The number of rotatable bonds is 3. The van der Waals surface area contributed by atoms with Crippen LogP contribution < -0.4 is 11.4 Å². The lowest BCUT2D eigenvalue weighted by Gasteiger charge is -2.33. The topological polar surface area (TPSA) is 119 Å². The highest BCUT2D eigenvalue weighted by atomic mass is 19.2. The minimum absolute atomic E-state index is 0.0697. The fraction of sp³-hybridized carbons (Fsp3) is 0.357. The van der Waals surface area contributed by atoms with E-state index >= 15 is 0 Å². The third-order valence-corrected chi connectivity index (χ3v) is 7.91. The lowest BCUT2D eigenvalue weighted by molar-refractivity contribution is 0.0472. The van der Waals surface area contributed by atoms with E-state index in [0.29, 0.717) is 55.7 Å². The third-order valence-electron chi connectivity index (χ3n) is 7.91. The fourth-order valence-corrected chi connectivity index (χ4v) is 5.94. The summed E-state index contributed by atoms with van der Waals surface area (Å²) in [4.78, 5) is 38.9. The number of nitrogens with zero attached hydrogens (tertiary/aromatic N) is 4. The van der Waals surface area contributed by atoms with Crippen LogP contribution in [0.5, 0.6) is 0 Å². The van der Waals surface area contributed by atoms with E-state index in [1.54, 1.807) is 46.1 Å². The van der Waals surface area contributed by atoms with Gasteiger partial charge in [0.25, 0.3) is 0 Å². The number of hydrogen-bond acceptors (Lipinski definition) is 6. The summed E-state index contributed by atoms with van der Waals surface area (Å²) < 4.78 is 36.4. The highest BCUT2D eigenvalue weighted by molar-refractivity contribution is 5.70. The number of ether oxygens (including phenoxy) is 1. The van der Waals surface area contributed by atoms with Crippen molar-refractivity contribution in [1.82, 2.24) is 24.4 Å². The molecular formula is C28H28F2N6O3. The molecule has 4 heterocycles. The Bertz CT molecular complexity index is 1580. The van der Waals surface area contributed by atoms with Gasteiger partial charge in [0.2, 0.25) is 0 Å². The molecule has 0 saturated carbocycles. The van der Waals surface area contributed by atoms with Crippen molar-refractivity contribution in [3.05, 3.63) is 93.8 Å². The number of halogens is 2. The maximum atomic E-state index is 14.7. The maximum absolute atomic E-state index is 14.7. The normalized spacial score (nSPS) is 21.9. The van der Waals surface area contributed by atoms with Gasteiger partial charge >= 0.3 is 11.8 Å². The molecule has 1 saturated heterocycles. The van der Waals surface area contributed by atoms with E-state index in [4.69, 9.17) is 10.5 Å². The number of carbonyl (C=O) groups is 1. The summed E-state index contributed by atoms with van der Waals surface area (Å²) >= 11 is 0. The molecule has 2 aliphatic rings. The second-order valence-electron chi connectivity index (χ2n) is 10.1. The van der Waals surface area contributed by atoms with Crippen LogP contribution >= 0.6 is 0 Å². The Hall–Kier alpha value is -4.12. The van der Waals surface area contributed by atoms with E-state index in [9.17, 15) is 18.4 Å². The zero-order valence-corrected chi connectivity index (χ0v) is 21.1. The number of nitrogens with two attached hydrogens (primary N) is 1. The number of nitrogens with one attached hydrogen (secondary N) is 1. The molecule has 9 nitrogen and oxygen atoms in total. The van der Waals surface area contributed by atoms with Gasteiger partial charge in [-0.1, -0.05) is 18.2 Å². The molecule has 1 aromatic carbocycles. The van der Waals surface area contributed by atoms with Crippen LogP contribution in [-0.2, 0) is 4.74 Å². The van der Waals surface area contributed by atoms with E-state index < -0.39 is 35.8 Å². The predicted molar refractivity (Wildman–Crippen MR) is 139 cm³/mol. The molecule has 1 amide bonds. The van der Waals surface area contributed by atoms with E-state index in [-0.39, 0.29) is 17.3 Å². The van der Waals surface area contributed by atoms with Crippen LogP contribution in [0.4, 0.5) is 13.6 Å².